The second-order valence-electron chi connectivity index (χ2n) is 8.93. The van der Waals surface area contributed by atoms with Crippen molar-refractivity contribution in [3.05, 3.63) is 29.3 Å². The van der Waals surface area contributed by atoms with Crippen LogP contribution in [0.4, 0.5) is 13.2 Å². The number of alkyl halides is 3. The van der Waals surface area contributed by atoms with Crippen LogP contribution in [0.2, 0.25) is 0 Å². The fraction of sp³-hybridized carbons (Fsp3) is 0.696. The van der Waals surface area contributed by atoms with Gasteiger partial charge in [-0.3, -0.25) is 4.79 Å². The average molecular weight is 506 g/mol. The first kappa shape index (κ1) is 26.7. The lowest BCUT2D eigenvalue weighted by atomic mass is 9.87. The van der Waals surface area contributed by atoms with Gasteiger partial charge >= 0.3 is 15.6 Å². The molecule has 11 heteroatoms. The zero-order valence-electron chi connectivity index (χ0n) is 19.6. The minimum atomic E-state index is -5.67. The number of nitrogens with one attached hydrogen (secondary N) is 1. The van der Waals surface area contributed by atoms with E-state index in [0.717, 1.165) is 82.5 Å². The van der Waals surface area contributed by atoms with E-state index < -0.39 is 15.6 Å². The summed E-state index contributed by atoms with van der Waals surface area (Å²) in [6, 6.07) is 4.70. The minimum absolute atomic E-state index is 0.214. The highest BCUT2D eigenvalue weighted by molar-refractivity contribution is 7.88. The van der Waals surface area contributed by atoms with Crippen LogP contribution >= 0.6 is 0 Å². The molecule has 1 aromatic rings. The van der Waals surface area contributed by atoms with Crippen LogP contribution in [0.1, 0.15) is 50.2 Å². The van der Waals surface area contributed by atoms with Crippen LogP contribution < -0.4 is 9.50 Å². The molecule has 1 amide bonds. The lowest BCUT2D eigenvalue weighted by Crippen LogP contribution is -2.41. The third kappa shape index (κ3) is 7.08. The largest absolute Gasteiger partial charge is 0.534 e. The maximum atomic E-state index is 12.6. The molecule has 1 aromatic carbocycles. The Labute approximate surface area is 199 Å². The zero-order chi connectivity index (χ0) is 24.8. The molecule has 7 nitrogen and oxygen atoms in total. The first-order valence-electron chi connectivity index (χ1n) is 12.0. The molecule has 1 heterocycles. The maximum absolute atomic E-state index is 12.6. The first-order valence-corrected chi connectivity index (χ1v) is 13.4. The van der Waals surface area contributed by atoms with Gasteiger partial charge in [0.25, 0.3) is 0 Å². The van der Waals surface area contributed by atoms with Crippen LogP contribution in [-0.4, -0.2) is 74.9 Å². The molecule has 1 atom stereocenters. The number of unbranched alkanes of at least 4 members (excludes halogenated alkanes) is 1. The van der Waals surface area contributed by atoms with Crippen LogP contribution in [0.15, 0.2) is 18.2 Å². The van der Waals surface area contributed by atoms with Crippen LogP contribution in [-0.2, 0) is 27.8 Å². The topological polar surface area (TPSA) is 79.0 Å². The Kier molecular flexibility index (Phi) is 9.22. The van der Waals surface area contributed by atoms with Crippen molar-refractivity contribution < 1.29 is 30.6 Å². The number of carbonyl (C=O) groups is 1. The molecule has 34 heavy (non-hydrogen) atoms. The highest BCUT2D eigenvalue weighted by atomic mass is 32.2. The quantitative estimate of drug-likeness (QED) is 0.299. The van der Waals surface area contributed by atoms with E-state index in [-0.39, 0.29) is 11.7 Å². The predicted octanol–water partition coefficient (Wildman–Crippen LogP) is 3.09. The zero-order valence-corrected chi connectivity index (χ0v) is 20.4. The maximum Gasteiger partial charge on any atom is 0.534 e. The molecule has 1 aliphatic heterocycles. The minimum Gasteiger partial charge on any atom is -0.376 e. The van der Waals surface area contributed by atoms with Gasteiger partial charge in [0.1, 0.15) is 5.75 Å². The van der Waals surface area contributed by atoms with Gasteiger partial charge in [-0.2, -0.15) is 21.6 Å². The molecule has 3 rings (SSSR count). The van der Waals surface area contributed by atoms with E-state index in [2.05, 4.69) is 21.3 Å². The predicted molar refractivity (Wildman–Crippen MR) is 123 cm³/mol. The molecule has 1 aliphatic carbocycles. The Hall–Kier alpha value is -1.85. The fourth-order valence-corrected chi connectivity index (χ4v) is 5.14. The fourth-order valence-electron chi connectivity index (χ4n) is 4.68. The molecule has 1 fully saturated rings. The van der Waals surface area contributed by atoms with Gasteiger partial charge in [-0.15, -0.1) is 0 Å². The SMILES string of the molecule is CCCN(CCCCN1CCNCCC1=O)C1CCc2cc(OS(=O)(=O)C(F)(F)F)ccc2C1. The molecule has 1 N–H and O–H groups in total. The van der Waals surface area contributed by atoms with E-state index >= 15 is 0 Å². The Bertz CT molecular complexity index is 940. The molecular weight excluding hydrogens is 471 g/mol. The van der Waals surface area contributed by atoms with Gasteiger partial charge in [0.2, 0.25) is 5.91 Å². The Balaban J connectivity index is 1.54. The van der Waals surface area contributed by atoms with Crippen molar-refractivity contribution in [2.24, 2.45) is 0 Å². The Morgan fingerprint density at radius 2 is 1.94 bits per heavy atom. The van der Waals surface area contributed by atoms with Crippen molar-refractivity contribution in [3.8, 4) is 5.75 Å². The van der Waals surface area contributed by atoms with Crippen molar-refractivity contribution >= 4 is 16.0 Å². The van der Waals surface area contributed by atoms with Gasteiger partial charge in [0.15, 0.2) is 0 Å². The molecule has 0 radical (unpaired) electrons. The molecule has 0 aromatic heterocycles. The van der Waals surface area contributed by atoms with Gasteiger partial charge < -0.3 is 19.3 Å². The van der Waals surface area contributed by atoms with Gasteiger partial charge in [-0.25, -0.2) is 0 Å². The van der Waals surface area contributed by atoms with Gasteiger partial charge in [0.05, 0.1) is 0 Å². The Morgan fingerprint density at radius 1 is 1.15 bits per heavy atom. The van der Waals surface area contributed by atoms with Crippen LogP contribution in [0.3, 0.4) is 0 Å². The summed E-state index contributed by atoms with van der Waals surface area (Å²) in [7, 11) is -5.67. The standard InChI is InChI=1S/C23H34F3N3O4S/c1-2-12-28(13-3-4-14-29-15-11-27-10-9-22(29)30)20-7-5-19-17-21(8-6-18(19)16-20)33-34(31,32)23(24,25)26/h6,8,17,20,27H,2-5,7,9-16H2,1H3. The summed E-state index contributed by atoms with van der Waals surface area (Å²) in [5.74, 6) is -0.0936. The summed E-state index contributed by atoms with van der Waals surface area (Å²) in [4.78, 5) is 16.5. The van der Waals surface area contributed by atoms with Gasteiger partial charge in [-0.05, 0) is 74.9 Å². The van der Waals surface area contributed by atoms with E-state index in [4.69, 9.17) is 0 Å². The average Bonchev–Trinajstić information content (AvgIpc) is 2.98. The Morgan fingerprint density at radius 3 is 2.68 bits per heavy atom. The highest BCUT2D eigenvalue weighted by Gasteiger charge is 2.48. The van der Waals surface area contributed by atoms with Crippen molar-refractivity contribution in [2.75, 3.05) is 39.3 Å². The molecule has 0 spiro atoms. The number of hydrogen-bond acceptors (Lipinski definition) is 6. The van der Waals surface area contributed by atoms with Crippen LogP contribution in [0.5, 0.6) is 5.75 Å². The number of fused-ring (bicyclic) bond motifs is 1. The lowest BCUT2D eigenvalue weighted by Gasteiger charge is -2.35. The number of aryl methyl sites for hydroxylation is 1. The number of carbonyl (C=O) groups excluding carboxylic acids is 1. The second kappa shape index (κ2) is 11.7. The summed E-state index contributed by atoms with van der Waals surface area (Å²) in [6.07, 6.45) is 5.77. The molecule has 1 saturated heterocycles. The molecule has 192 valence electrons. The van der Waals surface area contributed by atoms with E-state index in [1.54, 1.807) is 6.07 Å². The monoisotopic (exact) mass is 505 g/mol. The number of amides is 1. The summed E-state index contributed by atoms with van der Waals surface area (Å²) >= 11 is 0. The number of benzene rings is 1. The van der Waals surface area contributed by atoms with Gasteiger partial charge in [-0.1, -0.05) is 13.0 Å². The molecule has 0 saturated carbocycles. The number of nitrogens with zero attached hydrogens (tertiary/aromatic N) is 2. The third-order valence-corrected chi connectivity index (χ3v) is 7.43. The van der Waals surface area contributed by atoms with E-state index in [9.17, 15) is 26.4 Å². The smallest absolute Gasteiger partial charge is 0.376 e. The normalized spacial score (nSPS) is 19.7. The molecular formula is C23H34F3N3O4S. The summed E-state index contributed by atoms with van der Waals surface area (Å²) < 4.78 is 64.7. The number of rotatable bonds is 10. The summed E-state index contributed by atoms with van der Waals surface area (Å²) in [6.45, 7) is 7.14. The summed E-state index contributed by atoms with van der Waals surface area (Å²) in [5, 5.41) is 3.25. The van der Waals surface area contributed by atoms with Crippen LogP contribution in [0, 0.1) is 0 Å². The van der Waals surface area contributed by atoms with Crippen molar-refractivity contribution in [2.45, 2.75) is 63.4 Å². The highest BCUT2D eigenvalue weighted by Crippen LogP contribution is 2.31. The van der Waals surface area contributed by atoms with Crippen molar-refractivity contribution in [1.82, 2.24) is 15.1 Å². The van der Waals surface area contributed by atoms with E-state index in [1.807, 2.05) is 4.90 Å². The van der Waals surface area contributed by atoms with Crippen LogP contribution in [0.25, 0.3) is 0 Å². The molecule has 1 unspecified atom stereocenters. The first-order chi connectivity index (χ1) is 16.1. The van der Waals surface area contributed by atoms with E-state index in [1.165, 1.54) is 12.1 Å². The van der Waals surface area contributed by atoms with Gasteiger partial charge in [0, 0.05) is 38.6 Å². The molecule has 0 bridgehead atoms. The van der Waals surface area contributed by atoms with Crippen molar-refractivity contribution in [3.63, 3.8) is 0 Å². The lowest BCUT2D eigenvalue weighted by molar-refractivity contribution is -0.130. The van der Waals surface area contributed by atoms with Crippen molar-refractivity contribution in [1.29, 1.82) is 0 Å². The number of hydrogen-bond donors (Lipinski definition) is 1. The third-order valence-electron chi connectivity index (χ3n) is 6.45. The second-order valence-corrected chi connectivity index (χ2v) is 10.5. The summed E-state index contributed by atoms with van der Waals surface area (Å²) in [5.41, 5.74) is -3.61. The molecule has 2 aliphatic rings. The number of halogens is 3. The van der Waals surface area contributed by atoms with E-state index in [0.29, 0.717) is 18.9 Å².